The predicted octanol–water partition coefficient (Wildman–Crippen LogP) is 5.86. The summed E-state index contributed by atoms with van der Waals surface area (Å²) in [5.41, 5.74) is 0.529. The molecule has 0 bridgehead atoms. The van der Waals surface area contributed by atoms with Crippen molar-refractivity contribution in [3.05, 3.63) is 35.5 Å². The third-order valence-electron chi connectivity index (χ3n) is 8.14. The van der Waals surface area contributed by atoms with Crippen LogP contribution in [0.2, 0.25) is 0 Å². The fourth-order valence-electron chi connectivity index (χ4n) is 5.34. The van der Waals surface area contributed by atoms with Gasteiger partial charge in [-0.15, -0.1) is 0 Å². The molecule has 0 spiro atoms. The van der Waals surface area contributed by atoms with Gasteiger partial charge < -0.3 is 9.67 Å². The van der Waals surface area contributed by atoms with E-state index < -0.39 is 36.6 Å². The van der Waals surface area contributed by atoms with Gasteiger partial charge in [-0.1, -0.05) is 53.0 Å². The Labute approximate surface area is 248 Å². The molecule has 1 heterocycles. The molecule has 1 aliphatic carbocycles. The van der Waals surface area contributed by atoms with Crippen LogP contribution < -0.4 is 9.44 Å². The Balaban J connectivity index is 2.20. The van der Waals surface area contributed by atoms with Crippen LogP contribution in [0, 0.1) is 12.8 Å². The first-order valence-corrected chi connectivity index (χ1v) is 17.7. The Morgan fingerprint density at radius 2 is 1.51 bits per heavy atom. The fourth-order valence-corrected chi connectivity index (χ4v) is 8.69. The first-order valence-electron chi connectivity index (χ1n) is 14.8. The second kappa shape index (κ2) is 12.1. The van der Waals surface area contributed by atoms with Crippen LogP contribution in [0.15, 0.2) is 34.1 Å². The van der Waals surface area contributed by atoms with Crippen LogP contribution in [-0.2, 0) is 32.0 Å². The Kier molecular flexibility index (Phi) is 9.98. The van der Waals surface area contributed by atoms with Crippen molar-refractivity contribution in [2.45, 2.75) is 134 Å². The van der Waals surface area contributed by atoms with Gasteiger partial charge in [-0.05, 0) is 94.5 Å². The van der Waals surface area contributed by atoms with Gasteiger partial charge in [-0.3, -0.25) is 0 Å². The van der Waals surface area contributed by atoms with Gasteiger partial charge in [0.1, 0.15) is 4.90 Å². The molecule has 1 saturated carbocycles. The molecule has 3 N–H and O–H groups in total. The van der Waals surface area contributed by atoms with Gasteiger partial charge in [0.2, 0.25) is 20.0 Å². The number of sulfonamides is 2. The summed E-state index contributed by atoms with van der Waals surface area (Å²) in [7, 11) is -7.71. The van der Waals surface area contributed by atoms with Crippen LogP contribution in [0.1, 0.15) is 105 Å². The summed E-state index contributed by atoms with van der Waals surface area (Å²) < 4.78 is 61.5. The normalized spacial score (nSPS) is 16.3. The topological polar surface area (TPSA) is 118 Å². The molecule has 10 heteroatoms. The zero-order valence-corrected chi connectivity index (χ0v) is 28.0. The van der Waals surface area contributed by atoms with E-state index in [0.29, 0.717) is 30.1 Å². The lowest BCUT2D eigenvalue weighted by molar-refractivity contribution is 0.0857. The van der Waals surface area contributed by atoms with Crippen molar-refractivity contribution < 1.29 is 21.9 Å². The Hall–Kier alpha value is -1.72. The van der Waals surface area contributed by atoms with Gasteiger partial charge in [0.15, 0.2) is 0 Å². The SMILES string of the molecule is CCC(C)(C)NS(=O)(=O)c1ccc(-c2cc(S(=O)(=O)NCC(C)(C)O)c(C)n2CC2CCCCC2)cc1C(C)(C)C. The molecule has 0 amide bonds. The summed E-state index contributed by atoms with van der Waals surface area (Å²) in [6.07, 6.45) is 6.39. The van der Waals surface area contributed by atoms with E-state index >= 15 is 0 Å². The van der Waals surface area contributed by atoms with E-state index in [9.17, 15) is 21.9 Å². The highest BCUT2D eigenvalue weighted by Crippen LogP contribution is 2.37. The Morgan fingerprint density at radius 3 is 2.05 bits per heavy atom. The number of aliphatic hydroxyl groups is 1. The first kappa shape index (κ1) is 33.8. The Morgan fingerprint density at radius 1 is 0.902 bits per heavy atom. The fraction of sp³-hybridized carbons (Fsp3) is 0.677. The van der Waals surface area contributed by atoms with Crippen LogP contribution >= 0.6 is 0 Å². The summed E-state index contributed by atoms with van der Waals surface area (Å²) in [6.45, 7) is 17.2. The van der Waals surface area contributed by atoms with E-state index in [1.807, 2.05) is 54.5 Å². The third kappa shape index (κ3) is 8.44. The predicted molar refractivity (Wildman–Crippen MR) is 166 cm³/mol. The molecule has 3 rings (SSSR count). The molecule has 0 radical (unpaired) electrons. The standard InChI is InChI=1S/C31H51N3O5S2/c1-10-30(6,7)33-41(38,39)27-17-16-24(18-25(27)29(3,4)5)26-19-28(40(36,37)32-21-31(8,9)35)22(2)34(26)20-23-14-12-11-13-15-23/h16-19,23,32-33,35H,10-15,20-21H2,1-9H3. The van der Waals surface area contributed by atoms with Crippen molar-refractivity contribution in [3.63, 3.8) is 0 Å². The highest BCUT2D eigenvalue weighted by molar-refractivity contribution is 7.89. The molecule has 41 heavy (non-hydrogen) atoms. The zero-order chi connectivity index (χ0) is 31.0. The van der Waals surface area contributed by atoms with E-state index in [2.05, 4.69) is 14.0 Å². The molecule has 1 aromatic carbocycles. The van der Waals surface area contributed by atoms with Crippen molar-refractivity contribution in [2.75, 3.05) is 6.54 Å². The summed E-state index contributed by atoms with van der Waals surface area (Å²) in [6, 6.07) is 7.03. The smallest absolute Gasteiger partial charge is 0.242 e. The molecule has 1 fully saturated rings. The van der Waals surface area contributed by atoms with E-state index in [0.717, 1.165) is 24.1 Å². The van der Waals surface area contributed by atoms with E-state index in [4.69, 9.17) is 0 Å². The van der Waals surface area contributed by atoms with Gasteiger partial charge in [0, 0.05) is 30.0 Å². The van der Waals surface area contributed by atoms with Gasteiger partial charge >= 0.3 is 0 Å². The van der Waals surface area contributed by atoms with Crippen molar-refractivity contribution in [2.24, 2.45) is 5.92 Å². The van der Waals surface area contributed by atoms with Crippen LogP contribution in [0.25, 0.3) is 11.3 Å². The summed E-state index contributed by atoms with van der Waals surface area (Å²) in [4.78, 5) is 0.407. The molecule has 0 aliphatic heterocycles. The minimum absolute atomic E-state index is 0.111. The maximum atomic E-state index is 13.6. The second-order valence-corrected chi connectivity index (χ2v) is 17.4. The van der Waals surface area contributed by atoms with Crippen LogP contribution in [0.3, 0.4) is 0 Å². The average molecular weight is 610 g/mol. The van der Waals surface area contributed by atoms with Gasteiger partial charge in [-0.25, -0.2) is 26.3 Å². The Bertz CT molecular complexity index is 1440. The zero-order valence-electron chi connectivity index (χ0n) is 26.4. The minimum Gasteiger partial charge on any atom is -0.389 e. The van der Waals surface area contributed by atoms with E-state index in [1.165, 1.54) is 19.3 Å². The van der Waals surface area contributed by atoms with Crippen LogP contribution in [0.4, 0.5) is 0 Å². The number of benzene rings is 1. The average Bonchev–Trinajstić information content (AvgIpc) is 3.18. The number of aromatic nitrogens is 1. The van der Waals surface area contributed by atoms with Gasteiger partial charge in [-0.2, -0.15) is 0 Å². The van der Waals surface area contributed by atoms with Gasteiger partial charge in [0.05, 0.1) is 10.5 Å². The number of hydrogen-bond donors (Lipinski definition) is 3. The molecule has 0 saturated heterocycles. The molecular formula is C31H51N3O5S2. The molecular weight excluding hydrogens is 558 g/mol. The monoisotopic (exact) mass is 609 g/mol. The largest absolute Gasteiger partial charge is 0.389 e. The maximum absolute atomic E-state index is 13.6. The van der Waals surface area contributed by atoms with Crippen LogP contribution in [-0.4, -0.2) is 44.2 Å². The van der Waals surface area contributed by atoms with Crippen molar-refractivity contribution in [3.8, 4) is 11.3 Å². The number of rotatable bonds is 11. The maximum Gasteiger partial charge on any atom is 0.242 e. The molecule has 2 aromatic rings. The highest BCUT2D eigenvalue weighted by Gasteiger charge is 2.32. The quantitative estimate of drug-likeness (QED) is 0.295. The molecule has 1 aliphatic rings. The summed E-state index contributed by atoms with van der Waals surface area (Å²) in [5.74, 6) is 0.440. The van der Waals surface area contributed by atoms with Gasteiger partial charge in [0.25, 0.3) is 0 Å². The number of hydrogen-bond acceptors (Lipinski definition) is 5. The minimum atomic E-state index is -3.90. The first-order chi connectivity index (χ1) is 18.7. The lowest BCUT2D eigenvalue weighted by Crippen LogP contribution is -2.43. The number of nitrogens with zero attached hydrogens (tertiary/aromatic N) is 1. The lowest BCUT2D eigenvalue weighted by Gasteiger charge is -2.28. The molecule has 8 nitrogen and oxygen atoms in total. The lowest BCUT2D eigenvalue weighted by atomic mass is 9.85. The van der Waals surface area contributed by atoms with E-state index in [-0.39, 0.29) is 16.3 Å². The highest BCUT2D eigenvalue weighted by atomic mass is 32.2. The molecule has 232 valence electrons. The van der Waals surface area contributed by atoms with Crippen molar-refractivity contribution in [1.82, 2.24) is 14.0 Å². The van der Waals surface area contributed by atoms with Crippen molar-refractivity contribution >= 4 is 20.0 Å². The summed E-state index contributed by atoms with van der Waals surface area (Å²) >= 11 is 0. The molecule has 1 aromatic heterocycles. The second-order valence-electron chi connectivity index (χ2n) is 14.0. The summed E-state index contributed by atoms with van der Waals surface area (Å²) in [5, 5.41) is 10.1. The van der Waals surface area contributed by atoms with Crippen molar-refractivity contribution in [1.29, 1.82) is 0 Å². The number of nitrogens with one attached hydrogen (secondary N) is 2. The van der Waals surface area contributed by atoms with Crippen LogP contribution in [0.5, 0.6) is 0 Å². The van der Waals surface area contributed by atoms with E-state index in [1.54, 1.807) is 32.0 Å². The molecule has 0 atom stereocenters. The molecule has 0 unspecified atom stereocenters. The third-order valence-corrected chi connectivity index (χ3v) is 11.4.